The number of nitrogens with zero attached hydrogens (tertiary/aromatic N) is 1. The average Bonchev–Trinajstić information content (AvgIpc) is 2.95. The van der Waals surface area contributed by atoms with Crippen LogP contribution in [0.2, 0.25) is 0 Å². The summed E-state index contributed by atoms with van der Waals surface area (Å²) in [5.41, 5.74) is 7.27. The summed E-state index contributed by atoms with van der Waals surface area (Å²) in [6.45, 7) is 4.44. The van der Waals surface area contributed by atoms with Crippen molar-refractivity contribution in [1.29, 1.82) is 5.26 Å². The SMILES string of the molecule is Cc1sc(NC(=O)C2CCCC2CN)c(C#N)c1C. The number of nitrogens with one attached hydrogen (secondary N) is 1. The third-order valence-electron chi connectivity index (χ3n) is 4.03. The fraction of sp³-hybridized carbons (Fsp3) is 0.571. The smallest absolute Gasteiger partial charge is 0.228 e. The molecule has 0 radical (unpaired) electrons. The molecule has 2 rings (SSSR count). The molecule has 102 valence electrons. The first-order valence-corrected chi connectivity index (χ1v) is 7.41. The molecule has 1 heterocycles. The molecule has 4 nitrogen and oxygen atoms in total. The lowest BCUT2D eigenvalue weighted by molar-refractivity contribution is -0.120. The van der Waals surface area contributed by atoms with Gasteiger partial charge in [0.2, 0.25) is 5.91 Å². The van der Waals surface area contributed by atoms with Gasteiger partial charge in [0.1, 0.15) is 11.1 Å². The van der Waals surface area contributed by atoms with Crippen molar-refractivity contribution in [3.63, 3.8) is 0 Å². The Morgan fingerprint density at radius 2 is 2.26 bits per heavy atom. The zero-order chi connectivity index (χ0) is 14.0. The lowest BCUT2D eigenvalue weighted by atomic mass is 9.95. The topological polar surface area (TPSA) is 78.9 Å². The number of nitrogens with two attached hydrogens (primary N) is 1. The maximum absolute atomic E-state index is 12.3. The molecule has 0 aromatic carbocycles. The lowest BCUT2D eigenvalue weighted by Crippen LogP contribution is -2.29. The molecular weight excluding hydrogens is 258 g/mol. The lowest BCUT2D eigenvalue weighted by Gasteiger charge is -2.16. The van der Waals surface area contributed by atoms with Crippen molar-refractivity contribution in [3.05, 3.63) is 16.0 Å². The van der Waals surface area contributed by atoms with Gasteiger partial charge < -0.3 is 11.1 Å². The molecule has 2 unspecified atom stereocenters. The molecule has 1 aliphatic rings. The Hall–Kier alpha value is -1.38. The van der Waals surface area contributed by atoms with Crippen LogP contribution in [0.4, 0.5) is 5.00 Å². The van der Waals surface area contributed by atoms with Crippen LogP contribution < -0.4 is 11.1 Å². The number of amides is 1. The average molecular weight is 277 g/mol. The zero-order valence-corrected chi connectivity index (χ0v) is 12.1. The Balaban J connectivity index is 2.16. The number of carbonyl (C=O) groups is 1. The van der Waals surface area contributed by atoms with Crippen molar-refractivity contribution >= 4 is 22.2 Å². The molecule has 1 aliphatic carbocycles. The summed E-state index contributed by atoms with van der Waals surface area (Å²) in [7, 11) is 0. The third-order valence-corrected chi connectivity index (χ3v) is 5.16. The third kappa shape index (κ3) is 2.65. The van der Waals surface area contributed by atoms with Crippen LogP contribution in [0, 0.1) is 37.0 Å². The molecule has 3 N–H and O–H groups in total. The van der Waals surface area contributed by atoms with Crippen molar-refractivity contribution in [2.75, 3.05) is 11.9 Å². The van der Waals surface area contributed by atoms with Crippen molar-refractivity contribution in [1.82, 2.24) is 0 Å². The van der Waals surface area contributed by atoms with E-state index in [-0.39, 0.29) is 17.7 Å². The number of aryl methyl sites for hydroxylation is 1. The first kappa shape index (κ1) is 14.0. The minimum atomic E-state index is -0.000690. The summed E-state index contributed by atoms with van der Waals surface area (Å²) >= 11 is 1.48. The van der Waals surface area contributed by atoms with Crippen LogP contribution in [0.1, 0.15) is 35.3 Å². The molecule has 0 bridgehead atoms. The van der Waals surface area contributed by atoms with Gasteiger partial charge in [-0.15, -0.1) is 11.3 Å². The molecule has 1 aromatic heterocycles. The van der Waals surface area contributed by atoms with Crippen LogP contribution in [0.15, 0.2) is 0 Å². The maximum atomic E-state index is 12.3. The van der Waals surface area contributed by atoms with Crippen molar-refractivity contribution in [2.24, 2.45) is 17.6 Å². The summed E-state index contributed by atoms with van der Waals surface area (Å²) < 4.78 is 0. The Labute approximate surface area is 117 Å². The Kier molecular flexibility index (Phi) is 4.23. The van der Waals surface area contributed by atoms with Gasteiger partial charge in [-0.25, -0.2) is 0 Å². The number of thiophene rings is 1. The van der Waals surface area contributed by atoms with Crippen LogP contribution >= 0.6 is 11.3 Å². The van der Waals surface area contributed by atoms with Gasteiger partial charge in [0.25, 0.3) is 0 Å². The van der Waals surface area contributed by atoms with Crippen molar-refractivity contribution < 1.29 is 4.79 Å². The van der Waals surface area contributed by atoms with Crippen LogP contribution in [-0.4, -0.2) is 12.5 Å². The number of carbonyl (C=O) groups excluding carboxylic acids is 1. The van der Waals surface area contributed by atoms with Gasteiger partial charge in [0.05, 0.1) is 5.56 Å². The quantitative estimate of drug-likeness (QED) is 0.891. The second-order valence-electron chi connectivity index (χ2n) is 5.12. The predicted octanol–water partition coefficient (Wildman–Crippen LogP) is 2.55. The fourth-order valence-electron chi connectivity index (χ4n) is 2.72. The summed E-state index contributed by atoms with van der Waals surface area (Å²) in [5.74, 6) is 0.303. The van der Waals surface area contributed by atoms with E-state index in [1.54, 1.807) is 0 Å². The first-order chi connectivity index (χ1) is 9.08. The highest BCUT2D eigenvalue weighted by molar-refractivity contribution is 7.16. The van der Waals surface area contributed by atoms with E-state index in [4.69, 9.17) is 5.73 Å². The summed E-state index contributed by atoms with van der Waals surface area (Å²) in [6.07, 6.45) is 2.99. The first-order valence-electron chi connectivity index (χ1n) is 6.59. The van der Waals surface area contributed by atoms with Gasteiger partial charge in [-0.3, -0.25) is 4.79 Å². The van der Waals surface area contributed by atoms with Gasteiger partial charge >= 0.3 is 0 Å². The molecule has 1 fully saturated rings. The van der Waals surface area contributed by atoms with E-state index in [0.717, 1.165) is 29.7 Å². The number of rotatable bonds is 3. The highest BCUT2D eigenvalue weighted by atomic mass is 32.1. The molecule has 0 aliphatic heterocycles. The molecule has 0 spiro atoms. The summed E-state index contributed by atoms with van der Waals surface area (Å²) in [4.78, 5) is 13.4. The highest BCUT2D eigenvalue weighted by Crippen LogP contribution is 2.35. The van der Waals surface area contributed by atoms with E-state index >= 15 is 0 Å². The fourth-order valence-corrected chi connectivity index (χ4v) is 3.73. The van der Waals surface area contributed by atoms with E-state index in [1.807, 2.05) is 13.8 Å². The van der Waals surface area contributed by atoms with Gasteiger partial charge in [0.15, 0.2) is 0 Å². The van der Waals surface area contributed by atoms with Crippen LogP contribution in [0.3, 0.4) is 0 Å². The summed E-state index contributed by atoms with van der Waals surface area (Å²) in [6, 6.07) is 2.18. The van der Waals surface area contributed by atoms with Gasteiger partial charge in [-0.1, -0.05) is 6.42 Å². The second-order valence-corrected chi connectivity index (χ2v) is 6.35. The monoisotopic (exact) mass is 277 g/mol. The zero-order valence-electron chi connectivity index (χ0n) is 11.3. The van der Waals surface area contributed by atoms with E-state index in [2.05, 4.69) is 11.4 Å². The number of hydrogen-bond acceptors (Lipinski definition) is 4. The minimum absolute atomic E-state index is 0.000690. The standard InChI is InChI=1S/C14H19N3OS/c1-8-9(2)19-14(12(8)7-16)17-13(18)11-5-3-4-10(11)6-15/h10-11H,3-6,15H2,1-2H3,(H,17,18). The van der Waals surface area contributed by atoms with Gasteiger partial charge in [-0.2, -0.15) is 5.26 Å². The molecule has 5 heteroatoms. The maximum Gasteiger partial charge on any atom is 0.228 e. The molecule has 2 atom stereocenters. The predicted molar refractivity (Wildman–Crippen MR) is 77.0 cm³/mol. The van der Waals surface area contributed by atoms with E-state index < -0.39 is 0 Å². The Morgan fingerprint density at radius 3 is 2.89 bits per heavy atom. The summed E-state index contributed by atoms with van der Waals surface area (Å²) in [5, 5.41) is 12.8. The van der Waals surface area contributed by atoms with E-state index in [1.165, 1.54) is 11.3 Å². The highest BCUT2D eigenvalue weighted by Gasteiger charge is 2.32. The molecule has 0 saturated heterocycles. The molecule has 1 amide bonds. The second kappa shape index (κ2) is 5.72. The van der Waals surface area contributed by atoms with E-state index in [0.29, 0.717) is 17.1 Å². The number of nitriles is 1. The normalized spacial score (nSPS) is 22.2. The Morgan fingerprint density at radius 1 is 1.53 bits per heavy atom. The van der Waals surface area contributed by atoms with E-state index in [9.17, 15) is 10.1 Å². The largest absolute Gasteiger partial charge is 0.330 e. The number of hydrogen-bond donors (Lipinski definition) is 2. The molecule has 1 saturated carbocycles. The number of anilines is 1. The molecule has 19 heavy (non-hydrogen) atoms. The van der Waals surface area contributed by atoms with Crippen LogP contribution in [0.25, 0.3) is 0 Å². The molecule has 1 aromatic rings. The minimum Gasteiger partial charge on any atom is -0.330 e. The van der Waals surface area contributed by atoms with Gasteiger partial charge in [-0.05, 0) is 44.7 Å². The van der Waals surface area contributed by atoms with Crippen molar-refractivity contribution in [2.45, 2.75) is 33.1 Å². The van der Waals surface area contributed by atoms with Crippen LogP contribution in [-0.2, 0) is 4.79 Å². The van der Waals surface area contributed by atoms with Gasteiger partial charge in [0, 0.05) is 10.8 Å². The van der Waals surface area contributed by atoms with Crippen LogP contribution in [0.5, 0.6) is 0 Å². The Bertz CT molecular complexity index is 530. The van der Waals surface area contributed by atoms with Crippen molar-refractivity contribution in [3.8, 4) is 6.07 Å². The molecular formula is C14H19N3OS.